The summed E-state index contributed by atoms with van der Waals surface area (Å²) in [6, 6.07) is 30.6. The van der Waals surface area contributed by atoms with Gasteiger partial charge in [-0.15, -0.1) is 0 Å². The zero-order chi connectivity index (χ0) is 46.0. The highest BCUT2D eigenvalue weighted by Gasteiger charge is 2.30. The normalized spacial score (nSPS) is 14.4. The lowest BCUT2D eigenvalue weighted by molar-refractivity contribution is 0.568. The van der Waals surface area contributed by atoms with Crippen molar-refractivity contribution in [3.05, 3.63) is 154 Å². The summed E-state index contributed by atoms with van der Waals surface area (Å²) in [5, 5.41) is 4.61. The standard InChI is InChI=1S/C56H64N2/c1-35(2)37-23-25-45-43(30-37)44-34-39(53(3,4)5)24-26-46(44)58(45)49-28-27-48-51(52(49)56(12,13)14)50-38(29-36-19-16-15-17-20-36)21-18-22-47(50)57(48)42-32-40(54(6,7)8)31-41(33-42)55(9,10)11/h15-28,30-35H,29H2,1-14H3/i15D,16D,17D,19D,20D. The van der Waals surface area contributed by atoms with Crippen molar-refractivity contribution in [2.24, 2.45) is 0 Å². The minimum atomic E-state index is -0.377. The Morgan fingerprint density at radius 2 is 1.09 bits per heavy atom. The van der Waals surface area contributed by atoms with E-state index in [1.807, 2.05) is 0 Å². The minimum absolute atomic E-state index is 0.0244. The fourth-order valence-corrected chi connectivity index (χ4v) is 8.87. The highest BCUT2D eigenvalue weighted by molar-refractivity contribution is 6.15. The lowest BCUT2D eigenvalue weighted by Gasteiger charge is -2.27. The van der Waals surface area contributed by atoms with Crippen LogP contribution in [0.25, 0.3) is 55.0 Å². The predicted molar refractivity (Wildman–Crippen MR) is 253 cm³/mol. The van der Waals surface area contributed by atoms with Crippen molar-refractivity contribution in [3.63, 3.8) is 0 Å². The lowest BCUT2D eigenvalue weighted by Crippen LogP contribution is -2.17. The summed E-state index contributed by atoms with van der Waals surface area (Å²) in [6.07, 6.45) is 0.179. The molecule has 0 fully saturated rings. The van der Waals surface area contributed by atoms with Gasteiger partial charge in [-0.3, -0.25) is 0 Å². The molecule has 2 heteroatoms. The summed E-state index contributed by atoms with van der Waals surface area (Å²) in [7, 11) is 0. The molecule has 0 unspecified atom stereocenters. The Morgan fingerprint density at radius 3 is 1.67 bits per heavy atom. The molecule has 0 amide bonds. The quantitative estimate of drug-likeness (QED) is 0.165. The Hall–Kier alpha value is -5.08. The van der Waals surface area contributed by atoms with E-state index in [1.54, 1.807) is 0 Å². The summed E-state index contributed by atoms with van der Waals surface area (Å²) < 4.78 is 48.4. The van der Waals surface area contributed by atoms with Crippen molar-refractivity contribution in [1.29, 1.82) is 0 Å². The van der Waals surface area contributed by atoms with Crippen molar-refractivity contribution in [3.8, 4) is 11.4 Å². The number of hydrogen-bond acceptors (Lipinski definition) is 0. The third kappa shape index (κ3) is 6.87. The maximum atomic E-state index is 9.00. The van der Waals surface area contributed by atoms with Gasteiger partial charge in [-0.05, 0) is 128 Å². The summed E-state index contributed by atoms with van der Waals surface area (Å²) >= 11 is 0. The van der Waals surface area contributed by atoms with E-state index in [-0.39, 0.29) is 58.3 Å². The zero-order valence-corrected chi connectivity index (χ0v) is 37.3. The van der Waals surface area contributed by atoms with Gasteiger partial charge in [0, 0.05) is 27.2 Å². The van der Waals surface area contributed by atoms with E-state index in [2.05, 4.69) is 191 Å². The van der Waals surface area contributed by atoms with Crippen LogP contribution in [0.1, 0.15) is 149 Å². The Morgan fingerprint density at radius 1 is 0.517 bits per heavy atom. The summed E-state index contributed by atoms with van der Waals surface area (Å²) in [4.78, 5) is 0. The Bertz CT molecular complexity index is 3090. The Labute approximate surface area is 354 Å². The third-order valence-electron chi connectivity index (χ3n) is 12.2. The number of nitrogens with zero attached hydrogens (tertiary/aromatic N) is 2. The van der Waals surface area contributed by atoms with Crippen LogP contribution < -0.4 is 0 Å². The summed E-state index contributed by atoms with van der Waals surface area (Å²) in [5.74, 6) is 0.378. The maximum Gasteiger partial charge on any atom is 0.0626 e. The molecule has 0 aliphatic rings. The molecule has 0 aliphatic heterocycles. The molecule has 0 saturated heterocycles. The highest BCUT2D eigenvalue weighted by Crippen LogP contribution is 2.47. The van der Waals surface area contributed by atoms with Gasteiger partial charge >= 0.3 is 0 Å². The first kappa shape index (κ1) is 33.8. The molecule has 0 N–H and O–H groups in total. The fraction of sp³-hybridized carbons (Fsp3) is 0.357. The van der Waals surface area contributed by atoms with Gasteiger partial charge in [0.2, 0.25) is 0 Å². The van der Waals surface area contributed by atoms with Crippen LogP contribution in [-0.4, -0.2) is 9.13 Å². The van der Waals surface area contributed by atoms with Gasteiger partial charge in [0.05, 0.1) is 34.6 Å². The van der Waals surface area contributed by atoms with Crippen molar-refractivity contribution >= 4 is 43.6 Å². The smallest absolute Gasteiger partial charge is 0.0626 e. The van der Waals surface area contributed by atoms with Crippen LogP contribution in [0.15, 0.2) is 115 Å². The number of hydrogen-bond donors (Lipinski definition) is 0. The van der Waals surface area contributed by atoms with Gasteiger partial charge in [-0.2, -0.15) is 0 Å². The first-order chi connectivity index (χ1) is 29.2. The number of benzene rings is 6. The Balaban J connectivity index is 1.58. The van der Waals surface area contributed by atoms with Crippen molar-refractivity contribution < 1.29 is 6.85 Å². The second-order valence-electron chi connectivity index (χ2n) is 21.0. The van der Waals surface area contributed by atoms with Crippen LogP contribution in [0.3, 0.4) is 0 Å². The molecule has 0 atom stereocenters. The average molecular weight is 770 g/mol. The van der Waals surface area contributed by atoms with Gasteiger partial charge < -0.3 is 9.13 Å². The highest BCUT2D eigenvalue weighted by atomic mass is 15.0. The van der Waals surface area contributed by atoms with E-state index < -0.39 is 0 Å². The molecule has 0 bridgehead atoms. The van der Waals surface area contributed by atoms with E-state index in [0.29, 0.717) is 11.5 Å². The van der Waals surface area contributed by atoms with Crippen LogP contribution in [0, 0.1) is 0 Å². The molecule has 0 radical (unpaired) electrons. The molecule has 0 spiro atoms. The summed E-state index contributed by atoms with van der Waals surface area (Å²) in [6.45, 7) is 31.9. The van der Waals surface area contributed by atoms with E-state index in [4.69, 9.17) is 6.85 Å². The van der Waals surface area contributed by atoms with Gasteiger partial charge in [0.15, 0.2) is 0 Å². The van der Waals surface area contributed by atoms with Crippen molar-refractivity contribution in [1.82, 2.24) is 9.13 Å². The van der Waals surface area contributed by atoms with Crippen LogP contribution in [0.4, 0.5) is 0 Å². The molecular weight excluding hydrogens is 701 g/mol. The predicted octanol–water partition coefficient (Wildman–Crippen LogP) is 15.8. The molecule has 6 aromatic carbocycles. The molecule has 298 valence electrons. The maximum absolute atomic E-state index is 9.00. The third-order valence-corrected chi connectivity index (χ3v) is 12.2. The first-order valence-electron chi connectivity index (χ1n) is 23.6. The van der Waals surface area contributed by atoms with Crippen molar-refractivity contribution in [2.75, 3.05) is 0 Å². The van der Waals surface area contributed by atoms with E-state index in [9.17, 15) is 0 Å². The van der Waals surface area contributed by atoms with Gasteiger partial charge in [-0.25, -0.2) is 0 Å². The van der Waals surface area contributed by atoms with Crippen LogP contribution in [0.2, 0.25) is 0 Å². The second kappa shape index (κ2) is 13.8. The van der Waals surface area contributed by atoms with E-state index in [1.165, 1.54) is 38.6 Å². The molecule has 0 aliphatic carbocycles. The van der Waals surface area contributed by atoms with E-state index >= 15 is 0 Å². The van der Waals surface area contributed by atoms with Crippen LogP contribution in [0.5, 0.6) is 0 Å². The minimum Gasteiger partial charge on any atom is -0.309 e. The monoisotopic (exact) mass is 770 g/mol. The Kier molecular flexibility index (Phi) is 8.03. The van der Waals surface area contributed by atoms with Crippen LogP contribution >= 0.6 is 0 Å². The molecule has 8 rings (SSSR count). The van der Waals surface area contributed by atoms with Gasteiger partial charge in [0.25, 0.3) is 0 Å². The molecule has 0 saturated carbocycles. The number of aromatic nitrogens is 2. The zero-order valence-electron chi connectivity index (χ0n) is 42.3. The molecule has 8 aromatic rings. The number of rotatable bonds is 5. The fourth-order valence-electron chi connectivity index (χ4n) is 8.87. The SMILES string of the molecule is [2H]c1c([2H])c([2H])c(Cc2cccc3c2c2c(C(C)(C)C)c(-n4c5ccc(C(C)C)cc5c5cc(C(C)(C)C)ccc54)ccc2n3-c2cc(C(C)(C)C)cc(C(C)(C)C)c2)c([2H])c1[2H]. The molecule has 58 heavy (non-hydrogen) atoms. The van der Waals surface area contributed by atoms with Crippen LogP contribution in [-0.2, 0) is 28.1 Å². The molecular formula is C56H64N2. The number of fused-ring (bicyclic) bond motifs is 6. The topological polar surface area (TPSA) is 9.86 Å². The van der Waals surface area contributed by atoms with Crippen molar-refractivity contribution in [2.45, 2.75) is 131 Å². The first-order valence-corrected chi connectivity index (χ1v) is 21.1. The molecule has 2 heterocycles. The van der Waals surface area contributed by atoms with E-state index in [0.717, 1.165) is 49.8 Å². The summed E-state index contributed by atoms with van der Waals surface area (Å²) in [5.41, 5.74) is 13.5. The average Bonchev–Trinajstić information content (AvgIpc) is 3.71. The van der Waals surface area contributed by atoms with Gasteiger partial charge in [-0.1, -0.05) is 157 Å². The second-order valence-corrected chi connectivity index (χ2v) is 21.0. The molecule has 2 nitrogen and oxygen atoms in total. The van der Waals surface area contributed by atoms with Gasteiger partial charge in [0.1, 0.15) is 0 Å². The molecule has 2 aromatic heterocycles. The lowest BCUT2D eigenvalue weighted by atomic mass is 9.80. The largest absolute Gasteiger partial charge is 0.309 e.